The molecule has 0 spiro atoms. The molecule has 3 rings (SSSR count). The number of carbonyl (C=O) groups excluding carboxylic acids is 2. The highest BCUT2D eigenvalue weighted by Crippen LogP contribution is 2.31. The van der Waals surface area contributed by atoms with Crippen LogP contribution in [0.25, 0.3) is 0 Å². The lowest BCUT2D eigenvalue weighted by Gasteiger charge is -2.48. The summed E-state index contributed by atoms with van der Waals surface area (Å²) in [5, 5.41) is 86.6. The highest BCUT2D eigenvalue weighted by Gasteiger charge is 2.53. The number of nitrogens with one attached hydrogen (secondary N) is 2. The van der Waals surface area contributed by atoms with E-state index in [1.165, 1.54) is 6.08 Å². The zero-order chi connectivity index (χ0) is 32.9. The molecule has 0 bridgehead atoms. The molecule has 3 fully saturated rings. The van der Waals surface area contributed by atoms with E-state index < -0.39 is 123 Å². The van der Waals surface area contributed by atoms with E-state index in [4.69, 9.17) is 28.4 Å². The van der Waals surface area contributed by atoms with Gasteiger partial charge in [0.2, 0.25) is 11.8 Å². The molecule has 19 nitrogen and oxygen atoms in total. The number of carboxylic acids is 1. The topological polar surface area (TPSA) is 292 Å². The molecule has 0 aromatic rings. The second kappa shape index (κ2) is 15.8. The van der Waals surface area contributed by atoms with Crippen LogP contribution >= 0.6 is 0 Å². The predicted octanol–water partition coefficient (Wildman–Crippen LogP) is -5.98. The van der Waals surface area contributed by atoms with Crippen LogP contribution in [0.4, 0.5) is 0 Å². The van der Waals surface area contributed by atoms with Gasteiger partial charge in [0.05, 0.1) is 19.8 Å². The normalized spacial score (nSPS) is 42.7. The number of aliphatic hydroxyl groups excluding tert-OH is 7. The van der Waals surface area contributed by atoms with Crippen molar-refractivity contribution in [2.75, 3.05) is 19.8 Å². The molecule has 3 saturated heterocycles. The zero-order valence-electron chi connectivity index (χ0n) is 23.8. The second-order valence-electron chi connectivity index (χ2n) is 10.5. The number of carbonyl (C=O) groups is 3. The fourth-order valence-electron chi connectivity index (χ4n) is 5.03. The Hall–Kier alpha value is -2.37. The molecule has 19 heteroatoms. The number of aliphatic hydroxyl groups is 7. The molecule has 15 atom stereocenters. The molecule has 3 aliphatic heterocycles. The van der Waals surface area contributed by atoms with Gasteiger partial charge in [0.15, 0.2) is 25.0 Å². The van der Waals surface area contributed by atoms with Crippen LogP contribution in [0, 0.1) is 0 Å². The Bertz CT molecular complexity index is 1000. The molecule has 44 heavy (non-hydrogen) atoms. The Morgan fingerprint density at radius 2 is 1.34 bits per heavy atom. The summed E-state index contributed by atoms with van der Waals surface area (Å²) in [5.41, 5.74) is 0. The van der Waals surface area contributed by atoms with E-state index in [1.807, 2.05) is 0 Å². The van der Waals surface area contributed by atoms with Gasteiger partial charge in [-0.3, -0.25) is 9.59 Å². The SMILES string of the molecule is C=CCO[C@@H]1O[C@H](CO[C@@H]2O[C@H](CO)[C@@H](O)[C@H](O)[C@H]2NC(C)=O)[C@@H](O)[C@H](O[C@@H]2O[C@H](C(=O)O)[C@@H](O)[C@H](O)[C@H]2O)[C@H]1NC(C)=O. The van der Waals surface area contributed by atoms with Crippen molar-refractivity contribution in [3.05, 3.63) is 12.7 Å². The van der Waals surface area contributed by atoms with E-state index in [9.17, 15) is 55.2 Å². The third kappa shape index (κ3) is 8.26. The summed E-state index contributed by atoms with van der Waals surface area (Å²) in [5.74, 6) is -2.94. The van der Waals surface area contributed by atoms with Gasteiger partial charge in [0.25, 0.3) is 0 Å². The fourth-order valence-corrected chi connectivity index (χ4v) is 5.03. The first-order chi connectivity index (χ1) is 20.7. The highest BCUT2D eigenvalue weighted by molar-refractivity contribution is 5.74. The largest absolute Gasteiger partial charge is 0.479 e. The first-order valence-electron chi connectivity index (χ1n) is 13.6. The molecule has 0 aromatic heterocycles. The van der Waals surface area contributed by atoms with E-state index in [1.54, 1.807) is 0 Å². The summed E-state index contributed by atoms with van der Waals surface area (Å²) in [6.07, 6.45) is -20.9. The Morgan fingerprint density at radius 1 is 0.750 bits per heavy atom. The summed E-state index contributed by atoms with van der Waals surface area (Å²) in [6.45, 7) is 4.37. The first-order valence-corrected chi connectivity index (χ1v) is 13.6. The van der Waals surface area contributed by atoms with Gasteiger partial charge in [-0.2, -0.15) is 0 Å². The number of rotatable bonds is 12. The van der Waals surface area contributed by atoms with Gasteiger partial charge < -0.3 is 79.9 Å². The smallest absolute Gasteiger partial charge is 0.335 e. The summed E-state index contributed by atoms with van der Waals surface area (Å²) < 4.78 is 33.6. The van der Waals surface area contributed by atoms with Gasteiger partial charge in [-0.15, -0.1) is 6.58 Å². The van der Waals surface area contributed by atoms with Crippen LogP contribution in [-0.2, 0) is 42.8 Å². The molecular weight excluding hydrogens is 600 g/mol. The lowest BCUT2D eigenvalue weighted by molar-refractivity contribution is -0.344. The monoisotopic (exact) mass is 640 g/mol. The number of aliphatic carboxylic acids is 1. The van der Waals surface area contributed by atoms with Crippen molar-refractivity contribution in [2.24, 2.45) is 0 Å². The standard InChI is InChI=1S/C25H40N2O17/c1-4-5-39-24-13(27-9(3)30)20(43-25-19(36)17(34)18(35)21(44-25)22(37)38)15(32)11(42-24)7-40-23-12(26-8(2)29)16(33)14(31)10(6-28)41-23/h4,10-21,23-25,28,31-36H,1,5-7H2,2-3H3,(H,26,29)(H,27,30)(H,37,38)/t10-,11-,12-,13-,14-,15-,16-,17+,18+,19-,20-,21+,23-,24-,25-/m1/s1. The highest BCUT2D eigenvalue weighted by atomic mass is 16.7. The van der Waals surface area contributed by atoms with Gasteiger partial charge in [-0.25, -0.2) is 4.79 Å². The quantitative estimate of drug-likeness (QED) is 0.0888. The van der Waals surface area contributed by atoms with Crippen molar-refractivity contribution in [1.82, 2.24) is 10.6 Å². The number of amides is 2. The Labute approximate surface area is 250 Å². The molecule has 10 N–H and O–H groups in total. The second-order valence-corrected chi connectivity index (χ2v) is 10.5. The number of hydrogen-bond acceptors (Lipinski definition) is 16. The minimum Gasteiger partial charge on any atom is -0.479 e. The van der Waals surface area contributed by atoms with Crippen LogP contribution in [-0.4, -0.2) is 170 Å². The van der Waals surface area contributed by atoms with Crippen molar-refractivity contribution < 1.29 is 83.7 Å². The summed E-state index contributed by atoms with van der Waals surface area (Å²) in [4.78, 5) is 35.4. The van der Waals surface area contributed by atoms with Crippen molar-refractivity contribution in [3.63, 3.8) is 0 Å². The van der Waals surface area contributed by atoms with E-state index in [2.05, 4.69) is 17.2 Å². The molecular formula is C25H40N2O17. The summed E-state index contributed by atoms with van der Waals surface area (Å²) in [7, 11) is 0. The zero-order valence-corrected chi connectivity index (χ0v) is 23.8. The fraction of sp³-hybridized carbons (Fsp3) is 0.800. The maximum absolute atomic E-state index is 12.1. The molecule has 0 unspecified atom stereocenters. The van der Waals surface area contributed by atoms with Crippen molar-refractivity contribution in [1.29, 1.82) is 0 Å². The van der Waals surface area contributed by atoms with Gasteiger partial charge in [-0.05, 0) is 0 Å². The maximum Gasteiger partial charge on any atom is 0.335 e. The van der Waals surface area contributed by atoms with Crippen LogP contribution in [0.1, 0.15) is 13.8 Å². The number of hydrogen-bond donors (Lipinski definition) is 10. The average molecular weight is 641 g/mol. The van der Waals surface area contributed by atoms with E-state index in [0.29, 0.717) is 0 Å². The molecule has 0 radical (unpaired) electrons. The van der Waals surface area contributed by atoms with Gasteiger partial charge in [0.1, 0.15) is 67.0 Å². The molecule has 3 heterocycles. The minimum atomic E-state index is -2.03. The Kier molecular flexibility index (Phi) is 12.9. The first kappa shape index (κ1) is 36.1. The Balaban J connectivity index is 1.89. The van der Waals surface area contributed by atoms with Gasteiger partial charge in [-0.1, -0.05) is 6.08 Å². The predicted molar refractivity (Wildman–Crippen MR) is 139 cm³/mol. The molecule has 252 valence electrons. The Morgan fingerprint density at radius 3 is 1.91 bits per heavy atom. The van der Waals surface area contributed by atoms with Crippen molar-refractivity contribution in [2.45, 2.75) is 106 Å². The van der Waals surface area contributed by atoms with Crippen LogP contribution in [0.15, 0.2) is 12.7 Å². The van der Waals surface area contributed by atoms with Crippen LogP contribution in [0.3, 0.4) is 0 Å². The van der Waals surface area contributed by atoms with Crippen molar-refractivity contribution >= 4 is 17.8 Å². The van der Waals surface area contributed by atoms with Gasteiger partial charge >= 0.3 is 5.97 Å². The van der Waals surface area contributed by atoms with Crippen LogP contribution in [0.2, 0.25) is 0 Å². The lowest BCUT2D eigenvalue weighted by Crippen LogP contribution is -2.69. The van der Waals surface area contributed by atoms with Crippen LogP contribution < -0.4 is 10.6 Å². The van der Waals surface area contributed by atoms with Crippen molar-refractivity contribution in [3.8, 4) is 0 Å². The van der Waals surface area contributed by atoms with E-state index in [-0.39, 0.29) is 6.61 Å². The molecule has 0 saturated carbocycles. The van der Waals surface area contributed by atoms with Gasteiger partial charge in [0, 0.05) is 13.8 Å². The summed E-state index contributed by atoms with van der Waals surface area (Å²) in [6, 6.07) is -2.67. The molecule has 0 aromatic carbocycles. The number of carboxylic acid groups (broad SMARTS) is 1. The molecule has 3 aliphatic rings. The third-order valence-corrected chi connectivity index (χ3v) is 7.20. The summed E-state index contributed by atoms with van der Waals surface area (Å²) >= 11 is 0. The maximum atomic E-state index is 12.1. The van der Waals surface area contributed by atoms with Crippen LogP contribution in [0.5, 0.6) is 0 Å². The lowest BCUT2D eigenvalue weighted by atomic mass is 9.95. The molecule has 0 aliphatic carbocycles. The minimum absolute atomic E-state index is 0.135. The number of ether oxygens (including phenoxy) is 6. The molecule has 2 amide bonds. The third-order valence-electron chi connectivity index (χ3n) is 7.20. The average Bonchev–Trinajstić information content (AvgIpc) is 2.96. The van der Waals surface area contributed by atoms with E-state index >= 15 is 0 Å². The van der Waals surface area contributed by atoms with E-state index in [0.717, 1.165) is 13.8 Å².